The molecule has 1 aromatic rings. The molecule has 1 aromatic carbocycles. The van der Waals surface area contributed by atoms with Crippen molar-refractivity contribution in [1.82, 2.24) is 15.5 Å². The van der Waals surface area contributed by atoms with Crippen LogP contribution in [0.1, 0.15) is 50.7 Å². The lowest BCUT2D eigenvalue weighted by Gasteiger charge is -2.21. The fourth-order valence-corrected chi connectivity index (χ4v) is 3.29. The highest BCUT2D eigenvalue weighted by atomic mass is 127. The van der Waals surface area contributed by atoms with Crippen LogP contribution in [0.5, 0.6) is 0 Å². The second kappa shape index (κ2) is 15.1. The average molecular weight is 488 g/mol. The lowest BCUT2D eigenvalue weighted by Crippen LogP contribution is -2.39. The van der Waals surface area contributed by atoms with Gasteiger partial charge in [-0.15, -0.1) is 24.0 Å². The van der Waals surface area contributed by atoms with Gasteiger partial charge in [-0.25, -0.2) is 4.99 Å². The molecule has 0 saturated carbocycles. The summed E-state index contributed by atoms with van der Waals surface area (Å²) in [6.07, 6.45) is 5.41. The number of hydrogen-bond donors (Lipinski definition) is 2. The molecule has 2 rings (SSSR count). The van der Waals surface area contributed by atoms with Crippen LogP contribution in [0.15, 0.2) is 29.3 Å². The van der Waals surface area contributed by atoms with Gasteiger partial charge >= 0.3 is 0 Å². The molecule has 0 bridgehead atoms. The van der Waals surface area contributed by atoms with Crippen LogP contribution in [0, 0.1) is 0 Å². The van der Waals surface area contributed by atoms with E-state index in [4.69, 9.17) is 9.73 Å². The van der Waals surface area contributed by atoms with Gasteiger partial charge < -0.3 is 15.4 Å². The van der Waals surface area contributed by atoms with E-state index in [0.29, 0.717) is 13.2 Å². The second-order valence-corrected chi connectivity index (χ2v) is 6.78. The normalized spacial score (nSPS) is 15.7. The zero-order valence-electron chi connectivity index (χ0n) is 17.0. The van der Waals surface area contributed by atoms with Gasteiger partial charge in [-0.2, -0.15) is 0 Å². The lowest BCUT2D eigenvalue weighted by atomic mass is 10.1. The molecular weight excluding hydrogens is 451 g/mol. The molecule has 5 nitrogen and oxygen atoms in total. The Morgan fingerprint density at radius 1 is 1.04 bits per heavy atom. The third kappa shape index (κ3) is 9.76. The molecule has 0 unspecified atom stereocenters. The molecule has 154 valence electrons. The van der Waals surface area contributed by atoms with Gasteiger partial charge in [0, 0.05) is 26.2 Å². The van der Waals surface area contributed by atoms with E-state index in [1.165, 1.54) is 49.9 Å². The summed E-state index contributed by atoms with van der Waals surface area (Å²) in [7, 11) is 0. The first-order valence-electron chi connectivity index (χ1n) is 10.2. The molecule has 2 N–H and O–H groups in total. The number of ether oxygens (including phenoxy) is 1. The summed E-state index contributed by atoms with van der Waals surface area (Å²) in [5.41, 5.74) is 2.72. The number of halogens is 1. The molecule has 1 aliphatic rings. The van der Waals surface area contributed by atoms with Gasteiger partial charge in [0.2, 0.25) is 0 Å². The van der Waals surface area contributed by atoms with Crippen molar-refractivity contribution in [2.24, 2.45) is 4.99 Å². The molecule has 0 atom stereocenters. The first-order valence-corrected chi connectivity index (χ1v) is 10.2. The first-order chi connectivity index (χ1) is 12.8. The largest absolute Gasteiger partial charge is 0.380 e. The van der Waals surface area contributed by atoms with E-state index in [-0.39, 0.29) is 24.0 Å². The third-order valence-corrected chi connectivity index (χ3v) is 4.71. The molecule has 0 aliphatic carbocycles. The predicted octanol–water partition coefficient (Wildman–Crippen LogP) is 3.77. The highest BCUT2D eigenvalue weighted by molar-refractivity contribution is 14.0. The summed E-state index contributed by atoms with van der Waals surface area (Å²) in [4.78, 5) is 7.37. The summed E-state index contributed by atoms with van der Waals surface area (Å²) < 4.78 is 5.39. The average Bonchev–Trinajstić information content (AvgIpc) is 2.93. The number of rotatable bonds is 9. The Labute approximate surface area is 182 Å². The summed E-state index contributed by atoms with van der Waals surface area (Å²) in [5.74, 6) is 0.858. The summed E-state index contributed by atoms with van der Waals surface area (Å²) in [6.45, 7) is 11.4. The van der Waals surface area contributed by atoms with Crippen molar-refractivity contribution in [2.75, 3.05) is 39.4 Å². The number of benzene rings is 1. The minimum atomic E-state index is 0. The Balaban J connectivity index is 0.00000364. The van der Waals surface area contributed by atoms with E-state index in [9.17, 15) is 0 Å². The van der Waals surface area contributed by atoms with Gasteiger partial charge in [0.1, 0.15) is 0 Å². The van der Waals surface area contributed by atoms with Crippen LogP contribution >= 0.6 is 24.0 Å². The van der Waals surface area contributed by atoms with Gasteiger partial charge in [-0.1, -0.05) is 37.1 Å². The molecule has 0 aromatic heterocycles. The zero-order valence-corrected chi connectivity index (χ0v) is 19.3. The van der Waals surface area contributed by atoms with Crippen molar-refractivity contribution in [3.05, 3.63) is 35.4 Å². The van der Waals surface area contributed by atoms with Crippen LogP contribution in [0.25, 0.3) is 0 Å². The SMILES string of the molecule is CCNC(=NCc1ccccc1CN1CCCCCC1)NCCOCC.I. The van der Waals surface area contributed by atoms with E-state index < -0.39 is 0 Å². The number of aliphatic imine (C=N–C) groups is 1. The first kappa shape index (κ1) is 24.2. The predicted molar refractivity (Wildman–Crippen MR) is 125 cm³/mol. The van der Waals surface area contributed by atoms with Gasteiger partial charge in [-0.05, 0) is 50.9 Å². The topological polar surface area (TPSA) is 48.9 Å². The maximum absolute atomic E-state index is 5.39. The maximum atomic E-state index is 5.39. The summed E-state index contributed by atoms with van der Waals surface area (Å²) in [5, 5.41) is 6.65. The van der Waals surface area contributed by atoms with E-state index in [1.807, 2.05) is 6.92 Å². The van der Waals surface area contributed by atoms with Crippen molar-refractivity contribution >= 4 is 29.9 Å². The van der Waals surface area contributed by atoms with Crippen LogP contribution in [0.3, 0.4) is 0 Å². The highest BCUT2D eigenvalue weighted by Gasteiger charge is 2.11. The number of hydrogen-bond acceptors (Lipinski definition) is 3. The zero-order chi connectivity index (χ0) is 18.5. The Bertz CT molecular complexity index is 531. The van der Waals surface area contributed by atoms with Crippen molar-refractivity contribution in [1.29, 1.82) is 0 Å². The molecule has 1 aliphatic heterocycles. The standard InChI is InChI=1S/C21H36N4O.HI/c1-3-22-21(23-13-16-26-4-2)24-17-19-11-7-8-12-20(19)18-25-14-9-5-6-10-15-25;/h7-8,11-12H,3-6,9-10,13-18H2,1-2H3,(H2,22,23,24);1H. The van der Waals surface area contributed by atoms with Crippen molar-refractivity contribution < 1.29 is 4.74 Å². The minimum absolute atomic E-state index is 0. The molecule has 0 spiro atoms. The number of guanidine groups is 1. The van der Waals surface area contributed by atoms with E-state index in [0.717, 1.165) is 32.2 Å². The lowest BCUT2D eigenvalue weighted by molar-refractivity contribution is 0.152. The number of nitrogens with zero attached hydrogens (tertiary/aromatic N) is 2. The quantitative estimate of drug-likeness (QED) is 0.241. The Kier molecular flexibility index (Phi) is 13.5. The molecule has 6 heteroatoms. The third-order valence-electron chi connectivity index (χ3n) is 4.71. The molecule has 1 fully saturated rings. The maximum Gasteiger partial charge on any atom is 0.191 e. The van der Waals surface area contributed by atoms with Gasteiger partial charge in [0.15, 0.2) is 5.96 Å². The van der Waals surface area contributed by atoms with E-state index >= 15 is 0 Å². The Hall–Kier alpha value is -0.860. The van der Waals surface area contributed by atoms with E-state index in [2.05, 4.69) is 46.7 Å². The van der Waals surface area contributed by atoms with Gasteiger partial charge in [0.05, 0.1) is 13.2 Å². The fraction of sp³-hybridized carbons (Fsp3) is 0.667. The molecule has 27 heavy (non-hydrogen) atoms. The van der Waals surface area contributed by atoms with Crippen molar-refractivity contribution in [2.45, 2.75) is 52.6 Å². The van der Waals surface area contributed by atoms with Crippen LogP contribution < -0.4 is 10.6 Å². The number of nitrogens with one attached hydrogen (secondary N) is 2. The minimum Gasteiger partial charge on any atom is -0.380 e. The smallest absolute Gasteiger partial charge is 0.191 e. The molecule has 1 saturated heterocycles. The second-order valence-electron chi connectivity index (χ2n) is 6.78. The van der Waals surface area contributed by atoms with Crippen LogP contribution in [0.2, 0.25) is 0 Å². The molecule has 1 heterocycles. The monoisotopic (exact) mass is 488 g/mol. The molecule has 0 radical (unpaired) electrons. The van der Waals surface area contributed by atoms with Crippen molar-refractivity contribution in [3.63, 3.8) is 0 Å². The van der Waals surface area contributed by atoms with E-state index in [1.54, 1.807) is 0 Å². The summed E-state index contributed by atoms with van der Waals surface area (Å²) >= 11 is 0. The van der Waals surface area contributed by atoms with Gasteiger partial charge in [0.25, 0.3) is 0 Å². The van der Waals surface area contributed by atoms with Gasteiger partial charge in [-0.3, -0.25) is 4.90 Å². The molecule has 0 amide bonds. The van der Waals surface area contributed by atoms with Crippen LogP contribution in [-0.2, 0) is 17.8 Å². The Morgan fingerprint density at radius 3 is 2.41 bits per heavy atom. The Morgan fingerprint density at radius 2 is 1.74 bits per heavy atom. The van der Waals surface area contributed by atoms with Crippen LogP contribution in [0.4, 0.5) is 0 Å². The van der Waals surface area contributed by atoms with Crippen LogP contribution in [-0.4, -0.2) is 50.3 Å². The molecular formula is C21H37IN4O. The number of likely N-dealkylation sites (tertiary alicyclic amines) is 1. The highest BCUT2D eigenvalue weighted by Crippen LogP contribution is 2.16. The fourth-order valence-electron chi connectivity index (χ4n) is 3.29. The summed E-state index contributed by atoms with van der Waals surface area (Å²) in [6, 6.07) is 8.73. The van der Waals surface area contributed by atoms with Crippen molar-refractivity contribution in [3.8, 4) is 0 Å².